The number of amides is 2. The van der Waals surface area contributed by atoms with E-state index in [2.05, 4.69) is 10.3 Å². The molecule has 0 spiro atoms. The highest BCUT2D eigenvalue weighted by molar-refractivity contribution is 6.00. The Morgan fingerprint density at radius 1 is 1.42 bits per heavy atom. The van der Waals surface area contributed by atoms with Crippen molar-refractivity contribution in [2.75, 3.05) is 6.54 Å². The second kappa shape index (κ2) is 9.47. The fourth-order valence-electron chi connectivity index (χ4n) is 2.69. The van der Waals surface area contributed by atoms with Gasteiger partial charge in [0.1, 0.15) is 6.04 Å². The summed E-state index contributed by atoms with van der Waals surface area (Å²) in [5, 5.41) is 12.8. The molecule has 0 aliphatic rings. The van der Waals surface area contributed by atoms with Crippen LogP contribution in [-0.2, 0) is 16.6 Å². The smallest absolute Gasteiger partial charge is 0.233 e. The van der Waals surface area contributed by atoms with Crippen molar-refractivity contribution in [2.45, 2.75) is 53.0 Å². The summed E-state index contributed by atoms with van der Waals surface area (Å²) < 4.78 is 1.61. The fourth-order valence-corrected chi connectivity index (χ4v) is 2.69. The maximum atomic E-state index is 12.9. The lowest BCUT2D eigenvalue weighted by Gasteiger charge is -2.31. The maximum Gasteiger partial charge on any atom is 0.233 e. The SMILES string of the molecule is CCCC[C@H](CN(O)C=O)C(=O)N[C@H](C(=O)c1nccn1C)C(C)(C)C. The summed E-state index contributed by atoms with van der Waals surface area (Å²) in [6.45, 7) is 7.48. The topological polar surface area (TPSA) is 105 Å². The molecule has 2 N–H and O–H groups in total. The molecule has 2 amide bonds. The van der Waals surface area contributed by atoms with Gasteiger partial charge in [-0.25, -0.2) is 10.0 Å². The van der Waals surface area contributed by atoms with E-state index >= 15 is 0 Å². The number of ketones is 1. The first kappa shape index (κ1) is 21.8. The lowest BCUT2D eigenvalue weighted by molar-refractivity contribution is -0.154. The summed E-state index contributed by atoms with van der Waals surface area (Å²) in [5.41, 5.74) is -0.530. The number of aromatic nitrogens is 2. The van der Waals surface area contributed by atoms with Gasteiger partial charge in [0.2, 0.25) is 18.1 Å². The van der Waals surface area contributed by atoms with E-state index in [1.54, 1.807) is 17.8 Å². The molecule has 0 bridgehead atoms. The third kappa shape index (κ3) is 5.94. The molecule has 0 aliphatic carbocycles. The van der Waals surface area contributed by atoms with Crippen molar-refractivity contribution >= 4 is 18.1 Å². The van der Waals surface area contributed by atoms with Gasteiger partial charge in [-0.3, -0.25) is 19.6 Å². The number of unbranched alkanes of at least 4 members (excludes halogenated alkanes) is 1. The number of hydrogen-bond acceptors (Lipinski definition) is 5. The molecule has 0 saturated heterocycles. The number of nitrogens with zero attached hydrogens (tertiary/aromatic N) is 3. The number of rotatable bonds is 10. The van der Waals surface area contributed by atoms with Crippen LogP contribution in [0.15, 0.2) is 12.4 Å². The van der Waals surface area contributed by atoms with Crippen molar-refractivity contribution in [3.63, 3.8) is 0 Å². The molecule has 1 aromatic rings. The van der Waals surface area contributed by atoms with E-state index in [4.69, 9.17) is 0 Å². The summed E-state index contributed by atoms with van der Waals surface area (Å²) in [6, 6.07) is -0.774. The Morgan fingerprint density at radius 2 is 2.08 bits per heavy atom. The zero-order valence-corrected chi connectivity index (χ0v) is 16.2. The van der Waals surface area contributed by atoms with Crippen LogP contribution in [0.5, 0.6) is 0 Å². The third-order valence-corrected chi connectivity index (χ3v) is 4.26. The van der Waals surface area contributed by atoms with Crippen LogP contribution in [0.3, 0.4) is 0 Å². The van der Waals surface area contributed by atoms with Crippen molar-refractivity contribution in [1.29, 1.82) is 0 Å². The Bertz CT molecular complexity index is 621. The van der Waals surface area contributed by atoms with Crippen LogP contribution in [0.2, 0.25) is 0 Å². The molecule has 0 unspecified atom stereocenters. The van der Waals surface area contributed by atoms with E-state index < -0.39 is 17.4 Å². The Labute approximate surface area is 154 Å². The summed E-state index contributed by atoms with van der Waals surface area (Å²) in [7, 11) is 1.72. The molecule has 1 heterocycles. The van der Waals surface area contributed by atoms with Gasteiger partial charge < -0.3 is 9.88 Å². The van der Waals surface area contributed by atoms with Gasteiger partial charge >= 0.3 is 0 Å². The van der Waals surface area contributed by atoms with E-state index in [1.807, 2.05) is 27.7 Å². The largest absolute Gasteiger partial charge is 0.345 e. The monoisotopic (exact) mass is 366 g/mol. The zero-order valence-electron chi connectivity index (χ0n) is 16.2. The number of nitrogens with one attached hydrogen (secondary N) is 1. The molecule has 0 fully saturated rings. The van der Waals surface area contributed by atoms with Crippen LogP contribution in [0.25, 0.3) is 0 Å². The van der Waals surface area contributed by atoms with Gasteiger partial charge in [-0.05, 0) is 11.8 Å². The Kier molecular flexibility index (Phi) is 7.95. The van der Waals surface area contributed by atoms with Crippen LogP contribution < -0.4 is 5.32 Å². The highest BCUT2D eigenvalue weighted by Gasteiger charge is 2.36. The summed E-state index contributed by atoms with van der Waals surface area (Å²) >= 11 is 0. The number of carbonyl (C=O) groups excluding carboxylic acids is 3. The number of hydroxylamine groups is 2. The fraction of sp³-hybridized carbons (Fsp3) is 0.667. The quantitative estimate of drug-likeness (QED) is 0.284. The van der Waals surface area contributed by atoms with Crippen LogP contribution in [0, 0.1) is 11.3 Å². The minimum absolute atomic E-state index is 0.108. The van der Waals surface area contributed by atoms with Crippen molar-refractivity contribution in [3.05, 3.63) is 18.2 Å². The molecule has 1 aromatic heterocycles. The second-order valence-corrected chi connectivity index (χ2v) is 7.60. The van der Waals surface area contributed by atoms with Crippen molar-refractivity contribution in [1.82, 2.24) is 19.9 Å². The van der Waals surface area contributed by atoms with Gasteiger partial charge in [0.15, 0.2) is 5.82 Å². The number of Topliss-reactive ketones (excluding diaryl/α,β-unsaturated/α-hetero) is 1. The van der Waals surface area contributed by atoms with Crippen molar-refractivity contribution in [2.24, 2.45) is 18.4 Å². The van der Waals surface area contributed by atoms with Crippen LogP contribution in [-0.4, -0.2) is 50.5 Å². The predicted octanol–water partition coefficient (Wildman–Crippen LogP) is 1.79. The summed E-state index contributed by atoms with van der Waals surface area (Å²) in [5.74, 6) is -0.957. The molecular weight excluding hydrogens is 336 g/mol. The molecule has 146 valence electrons. The van der Waals surface area contributed by atoms with Gasteiger partial charge in [-0.1, -0.05) is 40.5 Å². The number of imidazole rings is 1. The van der Waals surface area contributed by atoms with Crippen molar-refractivity contribution in [3.8, 4) is 0 Å². The van der Waals surface area contributed by atoms with E-state index in [1.165, 1.54) is 6.20 Å². The number of carbonyl (C=O) groups is 3. The zero-order chi connectivity index (χ0) is 19.9. The van der Waals surface area contributed by atoms with Crippen LogP contribution in [0.1, 0.15) is 57.6 Å². The maximum absolute atomic E-state index is 12.9. The lowest BCUT2D eigenvalue weighted by Crippen LogP contribution is -2.52. The molecule has 8 nitrogen and oxygen atoms in total. The van der Waals surface area contributed by atoms with Gasteiger partial charge in [0, 0.05) is 19.4 Å². The highest BCUT2D eigenvalue weighted by atomic mass is 16.5. The number of aryl methyl sites for hydroxylation is 1. The Balaban J connectivity index is 3.00. The molecule has 0 radical (unpaired) electrons. The van der Waals surface area contributed by atoms with Crippen LogP contribution in [0.4, 0.5) is 0 Å². The average Bonchev–Trinajstić information content (AvgIpc) is 3.00. The first-order chi connectivity index (χ1) is 12.1. The molecule has 0 aromatic carbocycles. The van der Waals surface area contributed by atoms with Gasteiger partial charge in [-0.2, -0.15) is 0 Å². The normalized spacial score (nSPS) is 13.8. The Morgan fingerprint density at radius 3 is 2.54 bits per heavy atom. The molecule has 0 aliphatic heterocycles. The lowest BCUT2D eigenvalue weighted by atomic mass is 9.83. The Hall–Kier alpha value is -2.22. The van der Waals surface area contributed by atoms with E-state index in [-0.39, 0.29) is 30.5 Å². The van der Waals surface area contributed by atoms with Gasteiger partial charge in [0.05, 0.1) is 12.5 Å². The third-order valence-electron chi connectivity index (χ3n) is 4.26. The molecular formula is C18H30N4O4. The van der Waals surface area contributed by atoms with Gasteiger partial charge in [-0.15, -0.1) is 0 Å². The van der Waals surface area contributed by atoms with E-state index in [9.17, 15) is 19.6 Å². The van der Waals surface area contributed by atoms with E-state index in [0.717, 1.165) is 12.8 Å². The first-order valence-electron chi connectivity index (χ1n) is 8.84. The minimum Gasteiger partial charge on any atom is -0.345 e. The van der Waals surface area contributed by atoms with Crippen LogP contribution >= 0.6 is 0 Å². The first-order valence-corrected chi connectivity index (χ1v) is 8.84. The molecule has 0 saturated carbocycles. The van der Waals surface area contributed by atoms with Crippen molar-refractivity contribution < 1.29 is 19.6 Å². The second-order valence-electron chi connectivity index (χ2n) is 7.60. The minimum atomic E-state index is -0.774. The molecule has 2 atom stereocenters. The molecule has 1 rings (SSSR count). The summed E-state index contributed by atoms with van der Waals surface area (Å²) in [6.07, 6.45) is 5.65. The summed E-state index contributed by atoms with van der Waals surface area (Å²) in [4.78, 5) is 40.5. The highest BCUT2D eigenvalue weighted by Crippen LogP contribution is 2.23. The van der Waals surface area contributed by atoms with E-state index in [0.29, 0.717) is 11.5 Å². The average molecular weight is 366 g/mol. The standard InChI is InChI=1S/C18H30N4O4/c1-6-7-8-13(11-22(26)12-23)17(25)20-15(18(2,3)4)14(24)16-19-9-10-21(16)5/h9-10,12-13,15,26H,6-8,11H2,1-5H3,(H,20,25)/t13-,15-/m1/s1. The molecule has 26 heavy (non-hydrogen) atoms. The predicted molar refractivity (Wildman–Crippen MR) is 96.5 cm³/mol. The number of hydrogen-bond donors (Lipinski definition) is 2. The van der Waals surface area contributed by atoms with Gasteiger partial charge in [0.25, 0.3) is 0 Å². The molecule has 8 heteroatoms.